The van der Waals surface area contributed by atoms with Crippen LogP contribution in [-0.4, -0.2) is 31.2 Å². The molecule has 164 valence electrons. The molecule has 2 aromatic carbocycles. The number of aryl methyl sites for hydroxylation is 1. The summed E-state index contributed by atoms with van der Waals surface area (Å²) in [6.07, 6.45) is -4.29. The Hall–Kier alpha value is -2.78. The van der Waals surface area contributed by atoms with E-state index in [4.69, 9.17) is 28.0 Å². The minimum Gasteiger partial charge on any atom is -0.398 e. The van der Waals surface area contributed by atoms with E-state index in [1.807, 2.05) is 0 Å². The number of oxime groups is 2. The second-order valence-corrected chi connectivity index (χ2v) is 7.58. The fourth-order valence-electron chi connectivity index (χ4n) is 3.16. The van der Waals surface area contributed by atoms with Gasteiger partial charge in [-0.2, -0.15) is 13.2 Å². The van der Waals surface area contributed by atoms with Crippen LogP contribution in [0, 0.1) is 6.92 Å². The summed E-state index contributed by atoms with van der Waals surface area (Å²) in [4.78, 5) is 21.6. The lowest BCUT2D eigenvalue weighted by Gasteiger charge is -2.29. The Morgan fingerprint density at radius 1 is 1.26 bits per heavy atom. The van der Waals surface area contributed by atoms with Gasteiger partial charge in [0.05, 0.1) is 5.71 Å². The minimum atomic E-state index is -4.79. The van der Waals surface area contributed by atoms with Crippen molar-refractivity contribution in [1.29, 1.82) is 0 Å². The average Bonchev–Trinajstić information content (AvgIpc) is 3.14. The fraction of sp³-hybridized carbons (Fsp3) is 0.250. The first-order valence-corrected chi connectivity index (χ1v) is 9.58. The van der Waals surface area contributed by atoms with Crippen molar-refractivity contribution in [1.82, 2.24) is 5.32 Å². The Kier molecular flexibility index (Phi) is 6.47. The topological polar surface area (TPSA) is 72.3 Å². The molecular weight excluding hydrogens is 458 g/mol. The maximum Gasteiger partial charge on any atom is 0.435 e. The van der Waals surface area contributed by atoms with Crippen LogP contribution in [0.2, 0.25) is 10.0 Å². The van der Waals surface area contributed by atoms with Crippen LogP contribution in [0.4, 0.5) is 13.2 Å². The van der Waals surface area contributed by atoms with Crippen LogP contribution < -0.4 is 5.32 Å². The molecule has 0 spiro atoms. The van der Waals surface area contributed by atoms with E-state index in [2.05, 4.69) is 20.5 Å². The van der Waals surface area contributed by atoms with Gasteiger partial charge >= 0.3 is 6.18 Å². The summed E-state index contributed by atoms with van der Waals surface area (Å²) in [6.45, 7) is 1.65. The molecule has 1 heterocycles. The number of benzene rings is 2. The van der Waals surface area contributed by atoms with E-state index >= 15 is 0 Å². The summed E-state index contributed by atoms with van der Waals surface area (Å²) in [5, 5.41) is 9.63. The number of hydrogen-bond acceptors (Lipinski definition) is 5. The highest BCUT2D eigenvalue weighted by Gasteiger charge is 2.62. The van der Waals surface area contributed by atoms with Crippen molar-refractivity contribution in [3.63, 3.8) is 0 Å². The lowest BCUT2D eigenvalue weighted by Crippen LogP contribution is -2.42. The normalized spacial score (nSPS) is 18.6. The molecule has 0 aromatic heterocycles. The van der Waals surface area contributed by atoms with Gasteiger partial charge < -0.3 is 15.0 Å². The molecule has 0 aliphatic carbocycles. The predicted molar refractivity (Wildman–Crippen MR) is 111 cm³/mol. The van der Waals surface area contributed by atoms with E-state index < -0.39 is 24.1 Å². The Balaban J connectivity index is 1.91. The lowest BCUT2D eigenvalue weighted by molar-refractivity contribution is -0.275. The monoisotopic (exact) mass is 473 g/mol. The van der Waals surface area contributed by atoms with Gasteiger partial charge in [0.25, 0.3) is 11.5 Å². The number of nitrogens with one attached hydrogen (secondary N) is 1. The predicted octanol–water partition coefficient (Wildman–Crippen LogP) is 5.20. The van der Waals surface area contributed by atoms with E-state index in [0.717, 1.165) is 18.5 Å². The van der Waals surface area contributed by atoms with Gasteiger partial charge in [0.1, 0.15) is 13.4 Å². The highest BCUT2D eigenvalue weighted by atomic mass is 35.5. The molecule has 1 aliphatic rings. The van der Waals surface area contributed by atoms with Crippen molar-refractivity contribution in [2.24, 2.45) is 10.3 Å². The molecule has 1 amide bonds. The summed E-state index contributed by atoms with van der Waals surface area (Å²) in [7, 11) is 1.32. The molecule has 0 saturated carbocycles. The SMILES string of the molecule is CON=CNC(=O)c1ccc(C2=NO[C@](c3cc(Cl)cc(Cl)c3)(C(F)(F)F)C2)cc1C. The van der Waals surface area contributed by atoms with Crippen LogP contribution in [-0.2, 0) is 15.3 Å². The van der Waals surface area contributed by atoms with Crippen LogP contribution in [0.3, 0.4) is 0 Å². The molecule has 1 N–H and O–H groups in total. The number of hydrogen-bond donors (Lipinski definition) is 1. The third-order valence-corrected chi connectivity index (χ3v) is 5.11. The van der Waals surface area contributed by atoms with Crippen molar-refractivity contribution < 1.29 is 27.6 Å². The fourth-order valence-corrected chi connectivity index (χ4v) is 3.68. The zero-order valence-electron chi connectivity index (χ0n) is 16.3. The van der Waals surface area contributed by atoms with Crippen molar-refractivity contribution in [3.05, 3.63) is 68.7 Å². The molecule has 0 radical (unpaired) electrons. The molecular formula is C20H16Cl2F3N3O3. The number of halogens is 5. The summed E-state index contributed by atoms with van der Waals surface area (Å²) in [6, 6.07) is 8.17. The Morgan fingerprint density at radius 3 is 2.52 bits per heavy atom. The Bertz CT molecular complexity index is 1050. The zero-order chi connectivity index (χ0) is 22.8. The van der Waals surface area contributed by atoms with Gasteiger partial charge in [-0.1, -0.05) is 39.6 Å². The average molecular weight is 474 g/mol. The van der Waals surface area contributed by atoms with Crippen molar-refractivity contribution in [3.8, 4) is 0 Å². The number of carbonyl (C=O) groups is 1. The number of rotatable bonds is 5. The second kappa shape index (κ2) is 8.76. The molecule has 2 aromatic rings. The first kappa shape index (κ1) is 22.9. The number of nitrogens with zero attached hydrogens (tertiary/aromatic N) is 2. The molecule has 0 bridgehead atoms. The van der Waals surface area contributed by atoms with Gasteiger partial charge in [-0.05, 0) is 48.4 Å². The summed E-state index contributed by atoms with van der Waals surface area (Å²) >= 11 is 11.8. The van der Waals surface area contributed by atoms with Crippen molar-refractivity contribution >= 4 is 41.2 Å². The number of alkyl halides is 3. The van der Waals surface area contributed by atoms with Crippen LogP contribution in [0.5, 0.6) is 0 Å². The standard InChI is InChI=1S/C20H16Cl2F3N3O3/c1-11-5-12(3-4-16(11)18(29)26-10-27-30-2)17-9-19(31-28-17,20(23,24)25)13-6-14(21)8-15(22)7-13/h3-8,10H,9H2,1-2H3,(H,26,27,29)/t19-/m1/s1. The summed E-state index contributed by atoms with van der Waals surface area (Å²) in [5.74, 6) is -0.451. The van der Waals surface area contributed by atoms with Crippen molar-refractivity contribution in [2.75, 3.05) is 7.11 Å². The molecule has 6 nitrogen and oxygen atoms in total. The van der Waals surface area contributed by atoms with Gasteiger partial charge in [0.2, 0.25) is 0 Å². The van der Waals surface area contributed by atoms with Gasteiger partial charge in [-0.15, -0.1) is 0 Å². The number of amides is 1. The van der Waals surface area contributed by atoms with E-state index in [1.165, 1.54) is 25.3 Å². The van der Waals surface area contributed by atoms with E-state index in [-0.39, 0.29) is 21.3 Å². The van der Waals surface area contributed by atoms with E-state index in [9.17, 15) is 18.0 Å². The molecule has 0 fully saturated rings. The van der Waals surface area contributed by atoms with Crippen molar-refractivity contribution in [2.45, 2.75) is 25.1 Å². The third kappa shape index (κ3) is 4.62. The second-order valence-electron chi connectivity index (χ2n) is 6.71. The minimum absolute atomic E-state index is 0.0476. The van der Waals surface area contributed by atoms with E-state index in [0.29, 0.717) is 16.7 Å². The smallest absolute Gasteiger partial charge is 0.398 e. The van der Waals surface area contributed by atoms with Gasteiger partial charge in [0, 0.05) is 27.6 Å². The maximum absolute atomic E-state index is 14.1. The molecule has 1 atom stereocenters. The molecule has 0 saturated heterocycles. The molecule has 3 rings (SSSR count). The Morgan fingerprint density at radius 2 is 1.94 bits per heavy atom. The van der Waals surface area contributed by atoms with Crippen LogP contribution in [0.15, 0.2) is 46.7 Å². The van der Waals surface area contributed by atoms with Gasteiger partial charge in [0.15, 0.2) is 0 Å². The van der Waals surface area contributed by atoms with Gasteiger partial charge in [-0.25, -0.2) is 0 Å². The van der Waals surface area contributed by atoms with Crippen LogP contribution >= 0.6 is 23.2 Å². The summed E-state index contributed by atoms with van der Waals surface area (Å²) < 4.78 is 42.3. The highest BCUT2D eigenvalue weighted by Crippen LogP contribution is 2.49. The third-order valence-electron chi connectivity index (χ3n) is 4.67. The first-order valence-electron chi connectivity index (χ1n) is 8.82. The largest absolute Gasteiger partial charge is 0.435 e. The zero-order valence-corrected chi connectivity index (χ0v) is 17.8. The molecule has 31 heavy (non-hydrogen) atoms. The first-order chi connectivity index (χ1) is 14.6. The van der Waals surface area contributed by atoms with Crippen LogP contribution in [0.25, 0.3) is 0 Å². The summed E-state index contributed by atoms with van der Waals surface area (Å²) in [5.41, 5.74) is -1.67. The maximum atomic E-state index is 14.1. The Labute approximate surface area is 185 Å². The molecule has 0 unspecified atom stereocenters. The quantitative estimate of drug-likeness (QED) is 0.368. The lowest BCUT2D eigenvalue weighted by atomic mass is 9.86. The number of carbonyl (C=O) groups excluding carboxylic acids is 1. The molecule has 1 aliphatic heterocycles. The molecule has 11 heteroatoms. The van der Waals surface area contributed by atoms with Gasteiger partial charge in [-0.3, -0.25) is 4.79 Å². The van der Waals surface area contributed by atoms with Crippen LogP contribution in [0.1, 0.15) is 33.5 Å². The van der Waals surface area contributed by atoms with E-state index in [1.54, 1.807) is 13.0 Å². The highest BCUT2D eigenvalue weighted by molar-refractivity contribution is 6.34.